The van der Waals surface area contributed by atoms with Gasteiger partial charge in [0, 0.05) is 25.3 Å². The van der Waals surface area contributed by atoms with Crippen molar-refractivity contribution in [1.29, 1.82) is 5.26 Å². The molecule has 0 unspecified atom stereocenters. The first-order valence-corrected chi connectivity index (χ1v) is 11.9. The fourth-order valence-corrected chi connectivity index (χ4v) is 4.23. The molecule has 5 rings (SSSR count). The van der Waals surface area contributed by atoms with E-state index in [9.17, 15) is 19.6 Å². The Kier molecular flexibility index (Phi) is 6.78. The molecule has 3 N–H and O–H groups in total. The van der Waals surface area contributed by atoms with Gasteiger partial charge in [0.05, 0.1) is 28.4 Å². The van der Waals surface area contributed by atoms with Gasteiger partial charge in [-0.05, 0) is 76.7 Å². The van der Waals surface area contributed by atoms with Crippen molar-refractivity contribution >= 4 is 62.4 Å². The number of anilines is 2. The second kappa shape index (κ2) is 10.5. The summed E-state index contributed by atoms with van der Waals surface area (Å²) in [5.74, 6) is -1.86. The number of H-pyrrole nitrogens is 1. The number of amides is 2. The molecule has 0 bridgehead atoms. The molecule has 0 aliphatic rings. The lowest BCUT2D eigenvalue weighted by Crippen LogP contribution is -2.14. The molecule has 3 aromatic carbocycles. The van der Waals surface area contributed by atoms with Crippen molar-refractivity contribution < 1.29 is 18.6 Å². The van der Waals surface area contributed by atoms with E-state index in [0.29, 0.717) is 31.5 Å². The van der Waals surface area contributed by atoms with Crippen LogP contribution >= 0.6 is 22.6 Å². The molecule has 0 aliphatic carbocycles. The van der Waals surface area contributed by atoms with Crippen LogP contribution in [0.25, 0.3) is 32.8 Å². The van der Waals surface area contributed by atoms with Gasteiger partial charge in [0.2, 0.25) is 0 Å². The van der Waals surface area contributed by atoms with Gasteiger partial charge in [0.1, 0.15) is 0 Å². The largest absolute Gasteiger partial charge is 0.439 e. The number of aromatic amines is 1. The number of aromatic nitrogens is 3. The third-order valence-corrected chi connectivity index (χ3v) is 6.26. The molecule has 5 aromatic rings. The summed E-state index contributed by atoms with van der Waals surface area (Å²) in [6.07, 6.45) is 0. The highest BCUT2D eigenvalue weighted by molar-refractivity contribution is 14.1. The number of fused-ring (bicyclic) bond motifs is 1. The lowest BCUT2D eigenvalue weighted by atomic mass is 10.1. The summed E-state index contributed by atoms with van der Waals surface area (Å²) in [6.45, 7) is 0. The van der Waals surface area contributed by atoms with Crippen molar-refractivity contribution in [2.24, 2.45) is 5.11 Å². The Hall–Kier alpha value is -5.46. The summed E-state index contributed by atoms with van der Waals surface area (Å²) in [5.41, 5.74) is 10.7. The van der Waals surface area contributed by atoms with Crippen molar-refractivity contribution in [3.63, 3.8) is 0 Å². The molecule has 15 heteroatoms. The Bertz CT molecular complexity index is 1930. The van der Waals surface area contributed by atoms with Gasteiger partial charge < -0.3 is 15.2 Å². The number of nitrogens with zero attached hydrogens (tertiary/aromatic N) is 6. The molecular weight excluding hydrogens is 621 g/mol. The summed E-state index contributed by atoms with van der Waals surface area (Å²) in [6, 6.07) is 15.7. The Labute approximate surface area is 230 Å². The van der Waals surface area contributed by atoms with E-state index in [1.54, 1.807) is 18.2 Å². The third kappa shape index (κ3) is 5.18. The first-order valence-electron chi connectivity index (χ1n) is 10.8. The van der Waals surface area contributed by atoms with Crippen molar-refractivity contribution in [2.45, 2.75) is 0 Å². The molecular formula is C24H12IN9O5. The van der Waals surface area contributed by atoms with Crippen LogP contribution in [0, 0.1) is 14.9 Å². The van der Waals surface area contributed by atoms with Gasteiger partial charge in [0.25, 0.3) is 11.8 Å². The molecule has 39 heavy (non-hydrogen) atoms. The molecule has 0 radical (unpaired) electrons. The van der Waals surface area contributed by atoms with E-state index in [0.717, 1.165) is 0 Å². The van der Waals surface area contributed by atoms with E-state index in [1.165, 1.54) is 36.4 Å². The number of nitrogens with one attached hydrogen (secondary N) is 3. The van der Waals surface area contributed by atoms with E-state index in [-0.39, 0.29) is 28.3 Å². The fourth-order valence-electron chi connectivity index (χ4n) is 3.61. The van der Waals surface area contributed by atoms with Crippen molar-refractivity contribution in [2.75, 3.05) is 10.6 Å². The smallest absolute Gasteiger partial charge is 0.355 e. The van der Waals surface area contributed by atoms with E-state index in [2.05, 4.69) is 40.5 Å². The SMILES string of the molecule is N#Cc1ccc(NC(=O)c2noc3ccc(NC(=O)c4ccc(N=[N+]=[N-])c(I)c4)cc23)c(-c2noc(=O)[nH]2)c1. The predicted molar refractivity (Wildman–Crippen MR) is 145 cm³/mol. The van der Waals surface area contributed by atoms with Gasteiger partial charge in [-0.3, -0.25) is 19.1 Å². The maximum absolute atomic E-state index is 13.2. The monoisotopic (exact) mass is 633 g/mol. The lowest BCUT2D eigenvalue weighted by Gasteiger charge is -2.09. The van der Waals surface area contributed by atoms with Crippen molar-refractivity contribution in [3.05, 3.63) is 96.0 Å². The van der Waals surface area contributed by atoms with Gasteiger partial charge in [-0.15, -0.1) is 0 Å². The Morgan fingerprint density at radius 2 is 1.90 bits per heavy atom. The zero-order valence-corrected chi connectivity index (χ0v) is 21.5. The highest BCUT2D eigenvalue weighted by Crippen LogP contribution is 2.29. The number of benzene rings is 3. The third-order valence-electron chi connectivity index (χ3n) is 5.40. The number of carbonyl (C=O) groups is 2. The average Bonchev–Trinajstić information content (AvgIpc) is 3.56. The van der Waals surface area contributed by atoms with Crippen LogP contribution < -0.4 is 16.4 Å². The van der Waals surface area contributed by atoms with Gasteiger partial charge >= 0.3 is 5.76 Å². The zero-order valence-electron chi connectivity index (χ0n) is 19.3. The molecule has 0 saturated heterocycles. The van der Waals surface area contributed by atoms with E-state index in [4.69, 9.17) is 10.1 Å². The molecule has 2 aromatic heterocycles. The molecule has 2 amide bonds. The average molecular weight is 633 g/mol. The van der Waals surface area contributed by atoms with Crippen LogP contribution in [0.5, 0.6) is 0 Å². The summed E-state index contributed by atoms with van der Waals surface area (Å²) in [7, 11) is 0. The second-order valence-electron chi connectivity index (χ2n) is 7.82. The number of hydrogen-bond donors (Lipinski definition) is 3. The topological polar surface area (TPSA) is 216 Å². The summed E-state index contributed by atoms with van der Waals surface area (Å²) in [4.78, 5) is 42.5. The van der Waals surface area contributed by atoms with Crippen LogP contribution in [0.15, 0.2) is 73.6 Å². The minimum absolute atomic E-state index is 0.0181. The van der Waals surface area contributed by atoms with E-state index >= 15 is 0 Å². The Balaban J connectivity index is 1.42. The molecule has 0 fully saturated rings. The fraction of sp³-hybridized carbons (Fsp3) is 0. The number of halogens is 1. The van der Waals surface area contributed by atoms with Gasteiger partial charge in [-0.1, -0.05) is 21.5 Å². The minimum atomic E-state index is -0.803. The van der Waals surface area contributed by atoms with Crippen LogP contribution in [-0.2, 0) is 0 Å². The molecule has 0 spiro atoms. The van der Waals surface area contributed by atoms with Crippen LogP contribution in [-0.4, -0.2) is 27.1 Å². The van der Waals surface area contributed by atoms with Crippen molar-refractivity contribution in [1.82, 2.24) is 15.3 Å². The Morgan fingerprint density at radius 3 is 2.62 bits per heavy atom. The highest BCUT2D eigenvalue weighted by atomic mass is 127. The Morgan fingerprint density at radius 1 is 1.05 bits per heavy atom. The highest BCUT2D eigenvalue weighted by Gasteiger charge is 2.20. The summed E-state index contributed by atoms with van der Waals surface area (Å²) in [5, 5.41) is 26.0. The number of carbonyl (C=O) groups excluding carboxylic acids is 2. The van der Waals surface area contributed by atoms with Crippen molar-refractivity contribution in [3.8, 4) is 17.5 Å². The van der Waals surface area contributed by atoms with Gasteiger partial charge in [-0.2, -0.15) is 5.26 Å². The van der Waals surface area contributed by atoms with Crippen LogP contribution in [0.3, 0.4) is 0 Å². The van der Waals surface area contributed by atoms with Crippen LogP contribution in [0.1, 0.15) is 26.4 Å². The maximum Gasteiger partial charge on any atom is 0.439 e. The molecule has 190 valence electrons. The van der Waals surface area contributed by atoms with Crippen LogP contribution in [0.2, 0.25) is 0 Å². The maximum atomic E-state index is 13.2. The number of rotatable bonds is 6. The predicted octanol–water partition coefficient (Wildman–Crippen LogP) is 5.09. The second-order valence-corrected chi connectivity index (χ2v) is 8.98. The van der Waals surface area contributed by atoms with E-state index < -0.39 is 17.6 Å². The molecule has 0 aliphatic heterocycles. The van der Waals surface area contributed by atoms with Gasteiger partial charge in [0.15, 0.2) is 17.1 Å². The number of hydrogen-bond acceptors (Lipinski definition) is 9. The van der Waals surface area contributed by atoms with Crippen LogP contribution in [0.4, 0.5) is 17.1 Å². The molecule has 0 atom stereocenters. The number of nitriles is 1. The molecule has 14 nitrogen and oxygen atoms in total. The first-order chi connectivity index (χ1) is 18.9. The molecule has 0 saturated carbocycles. The minimum Gasteiger partial charge on any atom is -0.355 e. The lowest BCUT2D eigenvalue weighted by molar-refractivity contribution is 0.101. The van der Waals surface area contributed by atoms with Gasteiger partial charge in [-0.25, -0.2) is 4.79 Å². The quantitative estimate of drug-likeness (QED) is 0.0988. The summed E-state index contributed by atoms with van der Waals surface area (Å²) >= 11 is 1.96. The standard InChI is InChI=1S/C24H12IN9O5/c25-16-8-12(2-5-18(16)31-34-27)22(35)28-13-3-6-19-15(9-13)20(32-38-19)23(36)29-17-4-1-11(10-26)7-14(17)21-30-24(37)39-33-21/h1-9H,(H,28,35)(H,29,36)(H,30,33,37). The first kappa shape index (κ1) is 25.2. The molecule has 2 heterocycles. The van der Waals surface area contributed by atoms with E-state index in [1.807, 2.05) is 28.7 Å². The summed E-state index contributed by atoms with van der Waals surface area (Å²) < 4.78 is 10.4. The zero-order chi connectivity index (χ0) is 27.5. The normalized spacial score (nSPS) is 10.5. The number of azide groups is 1.